The van der Waals surface area contributed by atoms with E-state index in [0.29, 0.717) is 12.3 Å². The summed E-state index contributed by atoms with van der Waals surface area (Å²) in [5.41, 5.74) is 0.0768. The molecule has 2 rings (SSSR count). The second-order valence-corrected chi connectivity index (χ2v) is 4.45. The van der Waals surface area contributed by atoms with Crippen molar-refractivity contribution in [3.05, 3.63) is 24.0 Å². The largest absolute Gasteiger partial charge is 0.497 e. The van der Waals surface area contributed by atoms with Crippen molar-refractivity contribution in [1.29, 1.82) is 0 Å². The van der Waals surface area contributed by atoms with Gasteiger partial charge in [0.1, 0.15) is 11.6 Å². The van der Waals surface area contributed by atoms with Crippen LogP contribution in [0.25, 0.3) is 0 Å². The van der Waals surface area contributed by atoms with Crippen LogP contribution >= 0.6 is 0 Å². The number of halogens is 1. The number of hydrogen-bond acceptors (Lipinski definition) is 3. The molecule has 1 atom stereocenters. The smallest absolute Gasteiger partial charge is 0.322 e. The number of carbonyl (C=O) groups excluding carboxylic acids is 1. The Morgan fingerprint density at radius 2 is 2.42 bits per heavy atom. The first-order valence-electron chi connectivity index (χ1n) is 6.17. The number of methoxy groups -OCH3 is 1. The summed E-state index contributed by atoms with van der Waals surface area (Å²) in [7, 11) is 1.47. The molecule has 6 heteroatoms. The number of benzene rings is 1. The van der Waals surface area contributed by atoms with E-state index < -0.39 is 11.8 Å². The summed E-state index contributed by atoms with van der Waals surface area (Å²) in [5, 5.41) is 11.7. The van der Waals surface area contributed by atoms with Gasteiger partial charge in [-0.25, -0.2) is 9.18 Å². The fraction of sp³-hybridized carbons (Fsp3) is 0.462. The number of aliphatic hydroxyl groups is 1. The SMILES string of the molecule is COc1ccc(F)c(NC(=O)N2CCC[C@H]2CO)c1. The predicted molar refractivity (Wildman–Crippen MR) is 68.8 cm³/mol. The summed E-state index contributed by atoms with van der Waals surface area (Å²) in [5.74, 6) is -0.0503. The van der Waals surface area contributed by atoms with Crippen LogP contribution < -0.4 is 10.1 Å². The summed E-state index contributed by atoms with van der Waals surface area (Å²) >= 11 is 0. The van der Waals surface area contributed by atoms with Crippen molar-refractivity contribution >= 4 is 11.7 Å². The minimum absolute atomic E-state index is 0.0754. The van der Waals surface area contributed by atoms with E-state index in [4.69, 9.17) is 4.74 Å². The summed E-state index contributed by atoms with van der Waals surface area (Å²) in [6.45, 7) is 0.497. The third kappa shape index (κ3) is 2.96. The molecule has 2 N–H and O–H groups in total. The molecule has 1 aliphatic heterocycles. The van der Waals surface area contributed by atoms with Crippen LogP contribution in [-0.2, 0) is 0 Å². The summed E-state index contributed by atoms with van der Waals surface area (Å²) in [4.78, 5) is 13.6. The van der Waals surface area contributed by atoms with E-state index in [9.17, 15) is 14.3 Å². The molecule has 1 aromatic rings. The quantitative estimate of drug-likeness (QED) is 0.879. The lowest BCUT2D eigenvalue weighted by atomic mass is 10.2. The predicted octanol–water partition coefficient (Wildman–Crippen LogP) is 1.82. The molecule has 0 bridgehead atoms. The third-order valence-corrected chi connectivity index (χ3v) is 3.26. The van der Waals surface area contributed by atoms with Crippen molar-refractivity contribution in [3.8, 4) is 5.75 Å². The number of aliphatic hydroxyl groups excluding tert-OH is 1. The number of urea groups is 1. The number of ether oxygens (including phenoxy) is 1. The Bertz CT molecular complexity index is 467. The van der Waals surface area contributed by atoms with Crippen molar-refractivity contribution in [2.24, 2.45) is 0 Å². The van der Waals surface area contributed by atoms with Gasteiger partial charge < -0.3 is 20.1 Å². The Balaban J connectivity index is 2.10. The number of nitrogens with zero attached hydrogens (tertiary/aromatic N) is 1. The molecule has 104 valence electrons. The van der Waals surface area contributed by atoms with Crippen LogP contribution in [0.5, 0.6) is 5.75 Å². The summed E-state index contributed by atoms with van der Waals surface area (Å²) in [6, 6.07) is 3.56. The van der Waals surface area contributed by atoms with Gasteiger partial charge in [0.25, 0.3) is 0 Å². The van der Waals surface area contributed by atoms with Crippen LogP contribution in [0.2, 0.25) is 0 Å². The Hall–Kier alpha value is -1.82. The number of rotatable bonds is 3. The first kappa shape index (κ1) is 13.6. The standard InChI is InChI=1S/C13H17FN2O3/c1-19-10-4-5-11(14)12(7-10)15-13(18)16-6-2-3-9(16)8-17/h4-5,7,9,17H,2-3,6,8H2,1H3,(H,15,18)/t9-/m0/s1. The van der Waals surface area contributed by atoms with Crippen LogP contribution in [0.4, 0.5) is 14.9 Å². The zero-order chi connectivity index (χ0) is 13.8. The lowest BCUT2D eigenvalue weighted by molar-refractivity contribution is 0.166. The third-order valence-electron chi connectivity index (χ3n) is 3.26. The molecule has 0 aliphatic carbocycles. The molecule has 0 saturated carbocycles. The zero-order valence-corrected chi connectivity index (χ0v) is 10.7. The van der Waals surface area contributed by atoms with Gasteiger partial charge in [0.2, 0.25) is 0 Å². The Labute approximate surface area is 111 Å². The van der Waals surface area contributed by atoms with Crippen LogP contribution in [0.3, 0.4) is 0 Å². The van der Waals surface area contributed by atoms with Crippen molar-refractivity contribution in [3.63, 3.8) is 0 Å². The van der Waals surface area contributed by atoms with Crippen molar-refractivity contribution in [2.75, 3.05) is 25.6 Å². The number of nitrogens with one attached hydrogen (secondary N) is 1. The lowest BCUT2D eigenvalue weighted by Gasteiger charge is -2.23. The number of likely N-dealkylation sites (tertiary alicyclic amines) is 1. The molecular weight excluding hydrogens is 251 g/mol. The lowest BCUT2D eigenvalue weighted by Crippen LogP contribution is -2.40. The van der Waals surface area contributed by atoms with Crippen LogP contribution in [0, 0.1) is 5.82 Å². The van der Waals surface area contributed by atoms with Gasteiger partial charge in [-0.3, -0.25) is 0 Å². The number of carbonyl (C=O) groups is 1. The Kier molecular flexibility index (Phi) is 4.21. The van der Waals surface area contributed by atoms with E-state index in [1.165, 1.54) is 30.2 Å². The maximum absolute atomic E-state index is 13.6. The molecule has 1 aliphatic rings. The van der Waals surface area contributed by atoms with Crippen LogP contribution in [-0.4, -0.2) is 42.3 Å². The molecular formula is C13H17FN2O3. The van der Waals surface area contributed by atoms with E-state index in [-0.39, 0.29) is 18.3 Å². The number of amides is 2. The van der Waals surface area contributed by atoms with Gasteiger partial charge in [0.15, 0.2) is 0 Å². The Morgan fingerprint density at radius 1 is 1.63 bits per heavy atom. The first-order chi connectivity index (χ1) is 9.15. The fourth-order valence-electron chi connectivity index (χ4n) is 2.21. The fourth-order valence-corrected chi connectivity index (χ4v) is 2.21. The van der Waals surface area contributed by atoms with E-state index in [1.54, 1.807) is 0 Å². The average molecular weight is 268 g/mol. The van der Waals surface area contributed by atoms with E-state index >= 15 is 0 Å². The van der Waals surface area contributed by atoms with Gasteiger partial charge in [-0.15, -0.1) is 0 Å². The molecule has 0 radical (unpaired) electrons. The number of hydrogen-bond donors (Lipinski definition) is 2. The second kappa shape index (κ2) is 5.88. The van der Waals surface area contributed by atoms with Gasteiger partial charge in [-0.2, -0.15) is 0 Å². The van der Waals surface area contributed by atoms with E-state index in [1.807, 2.05) is 0 Å². The molecule has 1 aromatic carbocycles. The molecule has 0 spiro atoms. The summed E-state index contributed by atoms with van der Waals surface area (Å²) < 4.78 is 18.6. The minimum Gasteiger partial charge on any atom is -0.497 e. The highest BCUT2D eigenvalue weighted by Crippen LogP contribution is 2.23. The highest BCUT2D eigenvalue weighted by atomic mass is 19.1. The maximum atomic E-state index is 13.6. The van der Waals surface area contributed by atoms with Crippen molar-refractivity contribution in [1.82, 2.24) is 4.90 Å². The van der Waals surface area contributed by atoms with Crippen LogP contribution in [0.15, 0.2) is 18.2 Å². The summed E-state index contributed by atoms with van der Waals surface area (Å²) in [6.07, 6.45) is 1.61. The monoisotopic (exact) mass is 268 g/mol. The normalized spacial score (nSPS) is 18.5. The van der Waals surface area contributed by atoms with Crippen molar-refractivity contribution < 1.29 is 19.0 Å². The van der Waals surface area contributed by atoms with Crippen LogP contribution in [0.1, 0.15) is 12.8 Å². The molecule has 5 nitrogen and oxygen atoms in total. The van der Waals surface area contributed by atoms with E-state index in [2.05, 4.69) is 5.32 Å². The molecule has 19 heavy (non-hydrogen) atoms. The number of anilines is 1. The molecule has 1 saturated heterocycles. The van der Waals surface area contributed by atoms with E-state index in [0.717, 1.165) is 12.8 Å². The molecule has 2 amide bonds. The second-order valence-electron chi connectivity index (χ2n) is 4.45. The first-order valence-corrected chi connectivity index (χ1v) is 6.17. The topological polar surface area (TPSA) is 61.8 Å². The Morgan fingerprint density at radius 3 is 3.11 bits per heavy atom. The molecule has 1 fully saturated rings. The molecule has 1 heterocycles. The zero-order valence-electron chi connectivity index (χ0n) is 10.7. The average Bonchev–Trinajstić information content (AvgIpc) is 2.89. The highest BCUT2D eigenvalue weighted by molar-refractivity contribution is 5.90. The molecule has 0 unspecified atom stereocenters. The van der Waals surface area contributed by atoms with Gasteiger partial charge in [0, 0.05) is 12.6 Å². The minimum atomic E-state index is -0.520. The molecule has 0 aromatic heterocycles. The van der Waals surface area contributed by atoms with Gasteiger partial charge in [-0.05, 0) is 25.0 Å². The van der Waals surface area contributed by atoms with Gasteiger partial charge >= 0.3 is 6.03 Å². The highest BCUT2D eigenvalue weighted by Gasteiger charge is 2.28. The van der Waals surface area contributed by atoms with Gasteiger partial charge in [0.05, 0.1) is 25.4 Å². The van der Waals surface area contributed by atoms with Crippen molar-refractivity contribution in [2.45, 2.75) is 18.9 Å². The van der Waals surface area contributed by atoms with Gasteiger partial charge in [-0.1, -0.05) is 0 Å². The maximum Gasteiger partial charge on any atom is 0.322 e.